The summed E-state index contributed by atoms with van der Waals surface area (Å²) >= 11 is 0. The molecular weight excluding hydrogens is 719 g/mol. The van der Waals surface area contributed by atoms with E-state index in [2.05, 4.69) is 47.5 Å². The lowest BCUT2D eigenvalue weighted by Crippen LogP contribution is -2.54. The largest absolute Gasteiger partial charge is 0.490 e. The van der Waals surface area contributed by atoms with Crippen LogP contribution in [0.1, 0.15) is 68.2 Å². The van der Waals surface area contributed by atoms with Gasteiger partial charge in [0, 0.05) is 64.3 Å². The van der Waals surface area contributed by atoms with Crippen molar-refractivity contribution in [3.05, 3.63) is 89.0 Å². The Bertz CT molecular complexity index is 1780. The van der Waals surface area contributed by atoms with Crippen LogP contribution >= 0.6 is 0 Å². The topological polar surface area (TPSA) is 116 Å². The van der Waals surface area contributed by atoms with E-state index in [1.807, 2.05) is 45.0 Å². The molecule has 2 aliphatic heterocycles. The van der Waals surface area contributed by atoms with E-state index in [0.29, 0.717) is 58.4 Å². The Labute approximate surface area is 328 Å². The minimum absolute atomic E-state index is 0.132. The summed E-state index contributed by atoms with van der Waals surface area (Å²) in [5, 5.41) is 2.78. The van der Waals surface area contributed by atoms with Crippen LogP contribution in [0.15, 0.2) is 71.6 Å². The summed E-state index contributed by atoms with van der Waals surface area (Å²) in [5.74, 6) is 0.864. The van der Waals surface area contributed by atoms with Crippen LogP contribution in [0.5, 0.6) is 5.75 Å². The highest BCUT2D eigenvalue weighted by Gasteiger charge is 2.45. The van der Waals surface area contributed by atoms with Crippen LogP contribution in [0, 0.1) is 18.3 Å². The molecule has 302 valence electrons. The summed E-state index contributed by atoms with van der Waals surface area (Å²) in [7, 11) is 1.08. The molecule has 0 aromatic heterocycles. The lowest BCUT2D eigenvalue weighted by Gasteiger charge is -2.45. The van der Waals surface area contributed by atoms with Gasteiger partial charge >= 0.3 is 0 Å². The minimum atomic E-state index is -3.95. The van der Waals surface area contributed by atoms with Gasteiger partial charge in [0.25, 0.3) is 0 Å². The molecule has 2 heterocycles. The average molecular weight is 780 g/mol. The maximum atomic E-state index is 14.6. The zero-order valence-corrected chi connectivity index (χ0v) is 34.5. The fourth-order valence-corrected chi connectivity index (χ4v) is 9.34. The predicted molar refractivity (Wildman–Crippen MR) is 215 cm³/mol. The Morgan fingerprint density at radius 2 is 1.71 bits per heavy atom. The van der Waals surface area contributed by atoms with Gasteiger partial charge in [-0.1, -0.05) is 68.8 Å². The van der Waals surface area contributed by atoms with Gasteiger partial charge in [0.15, 0.2) is 0 Å². The molecule has 0 bridgehead atoms. The van der Waals surface area contributed by atoms with Crippen LogP contribution in [0.25, 0.3) is 0 Å². The minimum Gasteiger partial charge on any atom is -0.490 e. The van der Waals surface area contributed by atoms with Crippen molar-refractivity contribution in [2.45, 2.75) is 83.1 Å². The van der Waals surface area contributed by atoms with E-state index in [9.17, 15) is 13.2 Å². The summed E-state index contributed by atoms with van der Waals surface area (Å²) in [6, 6.07) is 21.0. The molecule has 0 unspecified atom stereocenters. The molecule has 55 heavy (non-hydrogen) atoms. The predicted octanol–water partition coefficient (Wildman–Crippen LogP) is 6.32. The number of ether oxygens (including phenoxy) is 5. The number of sulfonamides is 1. The maximum absolute atomic E-state index is 14.6. The van der Waals surface area contributed by atoms with Gasteiger partial charge in [-0.2, -0.15) is 4.31 Å². The van der Waals surface area contributed by atoms with Gasteiger partial charge in [-0.05, 0) is 67.1 Å². The first-order chi connectivity index (χ1) is 26.4. The molecule has 0 radical (unpaired) electrons. The fraction of sp³-hybridized carbons (Fsp3) is 0.558. The normalized spacial score (nSPS) is 19.8. The Morgan fingerprint density at radius 3 is 2.40 bits per heavy atom. The number of hydrogen-bond acceptors (Lipinski definition) is 9. The van der Waals surface area contributed by atoms with Gasteiger partial charge in [-0.15, -0.1) is 0 Å². The molecule has 4 atom stereocenters. The Kier molecular flexibility index (Phi) is 15.2. The summed E-state index contributed by atoms with van der Waals surface area (Å²) in [5.41, 5.74) is 4.26. The third-order valence-electron chi connectivity index (χ3n) is 10.7. The molecule has 1 amide bonds. The quantitative estimate of drug-likeness (QED) is 0.140. The number of amides is 1. The first-order valence-corrected chi connectivity index (χ1v) is 20.9. The van der Waals surface area contributed by atoms with Crippen LogP contribution in [0.4, 0.5) is 5.69 Å². The van der Waals surface area contributed by atoms with E-state index in [0.717, 1.165) is 53.2 Å². The summed E-state index contributed by atoms with van der Waals surface area (Å²) in [6.45, 7) is 12.9. The van der Waals surface area contributed by atoms with Crippen molar-refractivity contribution in [2.75, 3.05) is 72.2 Å². The van der Waals surface area contributed by atoms with Crippen molar-refractivity contribution < 1.29 is 36.9 Å². The monoisotopic (exact) mass is 779 g/mol. The van der Waals surface area contributed by atoms with Gasteiger partial charge in [-0.25, -0.2) is 8.42 Å². The van der Waals surface area contributed by atoms with Crippen LogP contribution < -0.4 is 15.0 Å². The van der Waals surface area contributed by atoms with E-state index in [1.54, 1.807) is 37.7 Å². The molecule has 2 aliphatic rings. The zero-order valence-electron chi connectivity index (χ0n) is 33.7. The van der Waals surface area contributed by atoms with Crippen molar-refractivity contribution in [2.24, 2.45) is 11.3 Å². The second kappa shape index (κ2) is 19.6. The van der Waals surface area contributed by atoms with E-state index in [4.69, 9.17) is 23.7 Å². The van der Waals surface area contributed by atoms with Crippen molar-refractivity contribution in [3.8, 4) is 5.75 Å². The van der Waals surface area contributed by atoms with E-state index < -0.39 is 27.6 Å². The number of piperidine rings is 1. The molecular formula is C43H61N3O8S. The number of nitrogens with zero attached hydrogens (tertiary/aromatic N) is 2. The molecule has 1 saturated heterocycles. The van der Waals surface area contributed by atoms with Crippen LogP contribution in [0.2, 0.25) is 0 Å². The molecule has 0 spiro atoms. The Balaban J connectivity index is 1.46. The number of methoxy groups -OCH3 is 2. The molecule has 11 nitrogen and oxygen atoms in total. The van der Waals surface area contributed by atoms with Crippen molar-refractivity contribution in [1.29, 1.82) is 0 Å². The SMILES string of the molecule is CNC(=O)C(C)(C)C[C@H]1C[C@H](c2ccc(COC[C@@H](C)COC)cc2)[C@@H](OCc2ccc3c(c2)N(CCCOC)CCO3)CN1S(=O)(=O)c1ccc(C)cc1. The first-order valence-electron chi connectivity index (χ1n) is 19.4. The molecule has 0 saturated carbocycles. The zero-order chi connectivity index (χ0) is 39.6. The van der Waals surface area contributed by atoms with Crippen LogP contribution in [-0.2, 0) is 47.0 Å². The number of fused-ring (bicyclic) bond motifs is 1. The average Bonchev–Trinajstić information content (AvgIpc) is 3.17. The number of benzene rings is 3. The Hall–Kier alpha value is -3.52. The molecule has 0 aliphatic carbocycles. The van der Waals surface area contributed by atoms with Gasteiger partial charge < -0.3 is 33.9 Å². The molecule has 3 aromatic carbocycles. The highest BCUT2D eigenvalue weighted by atomic mass is 32.2. The highest BCUT2D eigenvalue weighted by Crippen LogP contribution is 2.41. The van der Waals surface area contributed by atoms with Crippen LogP contribution in [0.3, 0.4) is 0 Å². The van der Waals surface area contributed by atoms with Crippen molar-refractivity contribution >= 4 is 21.6 Å². The first kappa shape index (κ1) is 42.6. The van der Waals surface area contributed by atoms with Gasteiger partial charge in [0.2, 0.25) is 15.9 Å². The second-order valence-corrected chi connectivity index (χ2v) is 17.6. The molecule has 1 N–H and O–H groups in total. The summed E-state index contributed by atoms with van der Waals surface area (Å²) in [4.78, 5) is 15.7. The van der Waals surface area contributed by atoms with Crippen molar-refractivity contribution in [3.63, 3.8) is 0 Å². The van der Waals surface area contributed by atoms with E-state index in [-0.39, 0.29) is 23.3 Å². The van der Waals surface area contributed by atoms with E-state index >= 15 is 0 Å². The number of carbonyl (C=O) groups excluding carboxylic acids is 1. The molecule has 12 heteroatoms. The number of rotatable bonds is 19. The second-order valence-electron chi connectivity index (χ2n) is 15.7. The lowest BCUT2D eigenvalue weighted by molar-refractivity contribution is -0.130. The third kappa shape index (κ3) is 11.1. The van der Waals surface area contributed by atoms with Crippen molar-refractivity contribution in [1.82, 2.24) is 9.62 Å². The maximum Gasteiger partial charge on any atom is 0.243 e. The molecule has 3 aromatic rings. The number of aryl methyl sites for hydroxylation is 1. The van der Waals surface area contributed by atoms with Gasteiger partial charge in [-0.3, -0.25) is 4.79 Å². The molecule has 5 rings (SSSR count). The molecule has 1 fully saturated rings. The Morgan fingerprint density at radius 1 is 0.982 bits per heavy atom. The van der Waals surface area contributed by atoms with Crippen LogP contribution in [-0.4, -0.2) is 98.1 Å². The lowest BCUT2D eigenvalue weighted by atomic mass is 9.77. The summed E-state index contributed by atoms with van der Waals surface area (Å²) < 4.78 is 60.0. The number of anilines is 1. The van der Waals surface area contributed by atoms with Gasteiger partial charge in [0.05, 0.1) is 49.7 Å². The standard InChI is InChI=1S/C43H61N3O8S/c1-31-9-16-37(17-10-31)55(48,49)46-26-41(54-30-34-13-18-40-39(23-34)45(20-22-53-40)19-8-21-50-6)38(24-36(46)25-43(3,4)42(47)44-5)35-14-11-33(12-15-35)29-52-28-32(2)27-51-7/h9-18,23,32,36,38,41H,8,19-22,24-30H2,1-7H3,(H,44,47)/t32-,36+,38+,41-/m0/s1. The van der Waals surface area contributed by atoms with E-state index in [1.165, 1.54) is 0 Å². The fourth-order valence-electron chi connectivity index (χ4n) is 7.70. The van der Waals surface area contributed by atoms with Gasteiger partial charge in [0.1, 0.15) is 12.4 Å². The number of carbonyl (C=O) groups is 1. The third-order valence-corrected chi connectivity index (χ3v) is 12.6. The highest BCUT2D eigenvalue weighted by molar-refractivity contribution is 7.89. The number of nitrogens with one attached hydrogen (secondary N) is 1. The number of hydrogen-bond donors (Lipinski definition) is 1. The smallest absolute Gasteiger partial charge is 0.243 e. The summed E-state index contributed by atoms with van der Waals surface area (Å²) in [6.07, 6.45) is 1.26.